The minimum atomic E-state index is 0.0382. The molecule has 2 saturated heterocycles. The molecule has 2 amide bonds. The number of ether oxygens (including phenoxy) is 1. The first-order chi connectivity index (χ1) is 12.7. The van der Waals surface area contributed by atoms with Crippen LogP contribution < -0.4 is 5.32 Å². The molecule has 3 heterocycles. The molecule has 138 valence electrons. The molecule has 0 saturated carbocycles. The first-order valence-electron chi connectivity index (χ1n) is 9.36. The Kier molecular flexibility index (Phi) is 4.93. The summed E-state index contributed by atoms with van der Waals surface area (Å²) in [7, 11) is 1.95. The summed E-state index contributed by atoms with van der Waals surface area (Å²) in [4.78, 5) is 19.2. The van der Waals surface area contributed by atoms with E-state index in [0.717, 1.165) is 38.3 Å². The molecule has 2 fully saturated rings. The van der Waals surface area contributed by atoms with Crippen LogP contribution in [0.2, 0.25) is 0 Å². The highest BCUT2D eigenvalue weighted by atomic mass is 16.5. The summed E-state index contributed by atoms with van der Waals surface area (Å²) in [6, 6.07) is 10.8. The number of aryl methyl sites for hydroxylation is 1. The number of amides is 2. The lowest BCUT2D eigenvalue weighted by Crippen LogP contribution is -2.47. The Hall–Kier alpha value is -2.34. The molecule has 26 heavy (non-hydrogen) atoms. The van der Waals surface area contributed by atoms with Gasteiger partial charge in [0.15, 0.2) is 0 Å². The Labute approximate surface area is 154 Å². The van der Waals surface area contributed by atoms with Gasteiger partial charge in [-0.3, -0.25) is 0 Å². The zero-order valence-corrected chi connectivity index (χ0v) is 15.2. The lowest BCUT2D eigenvalue weighted by molar-refractivity contribution is 0.0262. The molecule has 1 aromatic carbocycles. The summed E-state index contributed by atoms with van der Waals surface area (Å²) < 4.78 is 7.66. The molecule has 0 unspecified atom stereocenters. The van der Waals surface area contributed by atoms with E-state index in [0.29, 0.717) is 18.4 Å². The van der Waals surface area contributed by atoms with E-state index in [1.165, 1.54) is 5.56 Å². The Bertz CT molecular complexity index is 745. The monoisotopic (exact) mass is 354 g/mol. The van der Waals surface area contributed by atoms with Gasteiger partial charge in [0.1, 0.15) is 0 Å². The Morgan fingerprint density at radius 2 is 2.19 bits per heavy atom. The summed E-state index contributed by atoms with van der Waals surface area (Å²) in [6.45, 7) is 2.84. The molecule has 0 radical (unpaired) electrons. The highest BCUT2D eigenvalue weighted by molar-refractivity contribution is 5.75. The second kappa shape index (κ2) is 7.50. The van der Waals surface area contributed by atoms with E-state index in [1.54, 1.807) is 6.33 Å². The minimum absolute atomic E-state index is 0.0382. The number of carbonyl (C=O) groups is 1. The van der Waals surface area contributed by atoms with Crippen LogP contribution in [0.15, 0.2) is 42.9 Å². The van der Waals surface area contributed by atoms with Crippen molar-refractivity contribution in [1.29, 1.82) is 0 Å². The van der Waals surface area contributed by atoms with Gasteiger partial charge in [0.05, 0.1) is 18.6 Å². The zero-order chi connectivity index (χ0) is 17.9. The van der Waals surface area contributed by atoms with E-state index in [9.17, 15) is 4.79 Å². The molecule has 3 atom stereocenters. The van der Waals surface area contributed by atoms with E-state index in [1.807, 2.05) is 28.8 Å². The molecule has 2 aliphatic heterocycles. The van der Waals surface area contributed by atoms with E-state index in [2.05, 4.69) is 34.6 Å². The van der Waals surface area contributed by atoms with Crippen LogP contribution in [0.1, 0.15) is 23.6 Å². The maximum absolute atomic E-state index is 12.8. The molecular formula is C20H26N4O2. The van der Waals surface area contributed by atoms with Crippen LogP contribution >= 0.6 is 0 Å². The normalized spacial score (nSPS) is 25.1. The molecule has 6 nitrogen and oxygen atoms in total. The molecule has 2 aromatic rings. The maximum Gasteiger partial charge on any atom is 0.317 e. The quantitative estimate of drug-likeness (QED) is 0.915. The lowest BCUT2D eigenvalue weighted by atomic mass is 9.84. The van der Waals surface area contributed by atoms with Crippen LogP contribution in [-0.2, 0) is 18.2 Å². The summed E-state index contributed by atoms with van der Waals surface area (Å²) in [5.74, 6) is 0.732. The lowest BCUT2D eigenvalue weighted by Gasteiger charge is -2.32. The fourth-order valence-electron chi connectivity index (χ4n) is 4.28. The number of fused-ring (bicyclic) bond motifs is 1. The Balaban J connectivity index is 1.41. The number of hydrogen-bond acceptors (Lipinski definition) is 3. The summed E-state index contributed by atoms with van der Waals surface area (Å²) in [6.07, 6.45) is 5.44. The van der Waals surface area contributed by atoms with Crippen molar-refractivity contribution in [2.75, 3.05) is 26.3 Å². The fraction of sp³-hybridized carbons (Fsp3) is 0.500. The molecule has 0 bridgehead atoms. The number of likely N-dealkylation sites (tertiary alicyclic amines) is 1. The maximum atomic E-state index is 12.8. The number of aromatic nitrogens is 2. The predicted octanol–water partition coefficient (Wildman–Crippen LogP) is 2.18. The molecule has 6 heteroatoms. The molecule has 2 aliphatic rings. The number of hydrogen-bond donors (Lipinski definition) is 1. The first kappa shape index (κ1) is 17.1. The smallest absolute Gasteiger partial charge is 0.317 e. The number of urea groups is 1. The van der Waals surface area contributed by atoms with Crippen molar-refractivity contribution in [2.45, 2.75) is 24.8 Å². The average Bonchev–Trinajstić information content (AvgIpc) is 3.26. The second-order valence-corrected chi connectivity index (χ2v) is 7.28. The third-order valence-corrected chi connectivity index (χ3v) is 5.58. The van der Waals surface area contributed by atoms with E-state index in [4.69, 9.17) is 4.74 Å². The van der Waals surface area contributed by atoms with Crippen LogP contribution in [-0.4, -0.2) is 52.8 Å². The van der Waals surface area contributed by atoms with Crippen molar-refractivity contribution in [3.8, 4) is 0 Å². The molecule has 0 spiro atoms. The van der Waals surface area contributed by atoms with Crippen LogP contribution in [0.5, 0.6) is 0 Å². The van der Waals surface area contributed by atoms with Crippen molar-refractivity contribution in [3.63, 3.8) is 0 Å². The van der Waals surface area contributed by atoms with Crippen LogP contribution in [0.25, 0.3) is 0 Å². The van der Waals surface area contributed by atoms with Gasteiger partial charge in [-0.2, -0.15) is 0 Å². The molecule has 0 aliphatic carbocycles. The van der Waals surface area contributed by atoms with Crippen molar-refractivity contribution in [1.82, 2.24) is 19.8 Å². The summed E-state index contributed by atoms with van der Waals surface area (Å²) >= 11 is 0. The van der Waals surface area contributed by atoms with Crippen molar-refractivity contribution >= 4 is 6.03 Å². The summed E-state index contributed by atoms with van der Waals surface area (Å²) in [5, 5.41) is 3.08. The van der Waals surface area contributed by atoms with Gasteiger partial charge in [0.25, 0.3) is 0 Å². The average molecular weight is 354 g/mol. The number of benzene rings is 1. The minimum Gasteiger partial charge on any atom is -0.381 e. The Morgan fingerprint density at radius 3 is 2.96 bits per heavy atom. The number of nitrogens with zero attached hydrogens (tertiary/aromatic N) is 3. The van der Waals surface area contributed by atoms with E-state index < -0.39 is 0 Å². The van der Waals surface area contributed by atoms with Gasteiger partial charge in [-0.1, -0.05) is 30.3 Å². The van der Waals surface area contributed by atoms with E-state index in [-0.39, 0.29) is 12.1 Å². The van der Waals surface area contributed by atoms with Gasteiger partial charge in [-0.05, 0) is 12.0 Å². The molecular weight excluding hydrogens is 328 g/mol. The van der Waals surface area contributed by atoms with Crippen LogP contribution in [0.3, 0.4) is 0 Å². The van der Waals surface area contributed by atoms with Gasteiger partial charge in [-0.15, -0.1) is 0 Å². The Morgan fingerprint density at radius 1 is 1.35 bits per heavy atom. The first-order valence-corrected chi connectivity index (χ1v) is 9.36. The fourth-order valence-corrected chi connectivity index (χ4v) is 4.28. The summed E-state index contributed by atoms with van der Waals surface area (Å²) in [5.41, 5.74) is 2.30. The number of nitrogens with one attached hydrogen (secondary N) is 1. The van der Waals surface area contributed by atoms with Crippen molar-refractivity contribution in [3.05, 3.63) is 54.1 Å². The van der Waals surface area contributed by atoms with Crippen molar-refractivity contribution < 1.29 is 9.53 Å². The molecule has 1 aromatic heterocycles. The highest BCUT2D eigenvalue weighted by Gasteiger charge is 2.45. The molecule has 4 rings (SSSR count). The SMILES string of the molecule is Cn1cnc(CCNC(=O)N2C[C@H](c3ccccc3)[C@@H]3COCC[C@H]32)c1. The number of imidazole rings is 1. The second-order valence-electron chi connectivity index (χ2n) is 7.28. The zero-order valence-electron chi connectivity index (χ0n) is 15.2. The number of rotatable bonds is 4. The van der Waals surface area contributed by atoms with Gasteiger partial charge in [0.2, 0.25) is 0 Å². The number of carbonyl (C=O) groups excluding carboxylic acids is 1. The largest absolute Gasteiger partial charge is 0.381 e. The van der Waals surface area contributed by atoms with Gasteiger partial charge in [-0.25, -0.2) is 9.78 Å². The standard InChI is InChI=1S/C20H26N4O2/c1-23-11-16(22-14-23)7-9-21-20(25)24-12-17(15-5-3-2-4-6-15)18-13-26-10-8-19(18)24/h2-6,11,14,17-19H,7-10,12-13H2,1H3,(H,21,25)/t17-,18+,19-/m1/s1. The van der Waals surface area contributed by atoms with Gasteiger partial charge in [0, 0.05) is 57.2 Å². The van der Waals surface area contributed by atoms with Gasteiger partial charge < -0.3 is 19.5 Å². The third kappa shape index (κ3) is 3.46. The molecule has 1 N–H and O–H groups in total. The predicted molar refractivity (Wildman–Crippen MR) is 98.9 cm³/mol. The third-order valence-electron chi connectivity index (χ3n) is 5.58. The topological polar surface area (TPSA) is 59.4 Å². The van der Waals surface area contributed by atoms with Crippen LogP contribution in [0, 0.1) is 5.92 Å². The van der Waals surface area contributed by atoms with E-state index >= 15 is 0 Å². The van der Waals surface area contributed by atoms with Crippen LogP contribution in [0.4, 0.5) is 4.79 Å². The van der Waals surface area contributed by atoms with Crippen molar-refractivity contribution in [2.24, 2.45) is 13.0 Å². The van der Waals surface area contributed by atoms with Gasteiger partial charge >= 0.3 is 6.03 Å². The highest BCUT2D eigenvalue weighted by Crippen LogP contribution is 2.40.